The molecule has 0 heterocycles. The molecule has 0 bridgehead atoms. The van der Waals surface area contributed by atoms with E-state index in [0.717, 1.165) is 25.7 Å². The van der Waals surface area contributed by atoms with Gasteiger partial charge in [0.2, 0.25) is 0 Å². The van der Waals surface area contributed by atoms with E-state index in [2.05, 4.69) is 109 Å². The molecule has 0 radical (unpaired) electrons. The fraction of sp³-hybridized carbons (Fsp3) is 0.294. The van der Waals surface area contributed by atoms with Gasteiger partial charge in [-0.1, -0.05) is 121 Å². The lowest BCUT2D eigenvalue weighted by molar-refractivity contribution is -0.126. The summed E-state index contributed by atoms with van der Waals surface area (Å²) >= 11 is 0. The van der Waals surface area contributed by atoms with E-state index in [1.807, 2.05) is 12.1 Å². The van der Waals surface area contributed by atoms with Gasteiger partial charge in [0.25, 0.3) is 0 Å². The van der Waals surface area contributed by atoms with Crippen molar-refractivity contribution >= 4 is 0 Å². The molecule has 184 valence electrons. The molecule has 0 saturated heterocycles. The monoisotopic (exact) mass is 476 g/mol. The summed E-state index contributed by atoms with van der Waals surface area (Å²) in [4.78, 5) is 0. The smallest absolute Gasteiger partial charge is 0.0836 e. The Bertz CT molecular complexity index is 1080. The van der Waals surface area contributed by atoms with Crippen LogP contribution in [0.5, 0.6) is 0 Å². The van der Waals surface area contributed by atoms with Crippen molar-refractivity contribution in [1.29, 1.82) is 0 Å². The van der Waals surface area contributed by atoms with Crippen LogP contribution in [0.3, 0.4) is 0 Å². The third-order valence-corrected chi connectivity index (χ3v) is 8.13. The minimum absolute atomic E-state index is 0.0247. The lowest BCUT2D eigenvalue weighted by atomic mass is 9.58. The number of hydrogen-bond acceptors (Lipinski definition) is 2. The van der Waals surface area contributed by atoms with Gasteiger partial charge in [0, 0.05) is 0 Å². The third kappa shape index (κ3) is 5.78. The summed E-state index contributed by atoms with van der Waals surface area (Å²) in [6, 6.07) is 42.2. The zero-order valence-electron chi connectivity index (χ0n) is 20.7. The number of benzene rings is 4. The fourth-order valence-electron chi connectivity index (χ4n) is 6.34. The highest BCUT2D eigenvalue weighted by Gasteiger charge is 2.48. The minimum atomic E-state index is -0.764. The second-order valence-electron chi connectivity index (χ2n) is 10.4. The maximum absolute atomic E-state index is 11.6. The number of aliphatic hydroxyl groups excluding tert-OH is 2. The molecule has 0 amide bonds. The van der Waals surface area contributed by atoms with Gasteiger partial charge < -0.3 is 10.2 Å². The summed E-state index contributed by atoms with van der Waals surface area (Å²) in [6.45, 7) is 0. The molecule has 0 aliphatic heterocycles. The molecule has 4 aromatic carbocycles. The molecular weight excluding hydrogens is 440 g/mol. The summed E-state index contributed by atoms with van der Waals surface area (Å²) in [7, 11) is 0. The molecule has 0 unspecified atom stereocenters. The quantitative estimate of drug-likeness (QED) is 0.320. The van der Waals surface area contributed by atoms with Crippen LogP contribution in [0.4, 0.5) is 0 Å². The molecule has 1 aliphatic rings. The van der Waals surface area contributed by atoms with Crippen molar-refractivity contribution in [3.63, 3.8) is 0 Å². The van der Waals surface area contributed by atoms with Gasteiger partial charge in [-0.2, -0.15) is 0 Å². The summed E-state index contributed by atoms with van der Waals surface area (Å²) in [5.41, 5.74) is 5.01. The summed E-state index contributed by atoms with van der Waals surface area (Å²) in [6.07, 6.45) is 1.79. The first kappa shape index (κ1) is 24.5. The van der Waals surface area contributed by atoms with Crippen molar-refractivity contribution in [3.05, 3.63) is 144 Å². The van der Waals surface area contributed by atoms with Gasteiger partial charge in [-0.3, -0.25) is 0 Å². The lowest BCUT2D eigenvalue weighted by Gasteiger charge is -2.49. The molecule has 1 saturated carbocycles. The second kappa shape index (κ2) is 11.7. The van der Waals surface area contributed by atoms with Crippen LogP contribution >= 0.6 is 0 Å². The molecule has 2 nitrogen and oxygen atoms in total. The van der Waals surface area contributed by atoms with Gasteiger partial charge in [0.05, 0.1) is 12.2 Å². The Labute approximate surface area is 215 Å². The second-order valence-corrected chi connectivity index (χ2v) is 10.4. The molecule has 6 atom stereocenters. The SMILES string of the molecule is O[C@@H]1[C@H](O)[C@H](Cc2ccccc2)[C@@H](Cc2ccccc2)[C@H](Cc2ccccc2)[C@@H]1Cc1ccccc1. The predicted octanol–water partition coefficient (Wildman–Crippen LogP) is 6.16. The third-order valence-electron chi connectivity index (χ3n) is 8.13. The first-order valence-corrected chi connectivity index (χ1v) is 13.2. The Morgan fingerprint density at radius 2 is 0.556 bits per heavy atom. The Morgan fingerprint density at radius 3 is 0.806 bits per heavy atom. The highest BCUT2D eigenvalue weighted by Crippen LogP contribution is 2.45. The maximum atomic E-state index is 11.6. The van der Waals surface area contributed by atoms with Gasteiger partial charge in [-0.05, 0) is 71.6 Å². The van der Waals surface area contributed by atoms with Crippen LogP contribution in [0, 0.1) is 23.7 Å². The molecule has 2 N–H and O–H groups in total. The van der Waals surface area contributed by atoms with Crippen LogP contribution in [0.2, 0.25) is 0 Å². The molecule has 0 spiro atoms. The van der Waals surface area contributed by atoms with E-state index in [9.17, 15) is 10.2 Å². The maximum Gasteiger partial charge on any atom is 0.0836 e. The Morgan fingerprint density at radius 1 is 0.333 bits per heavy atom. The topological polar surface area (TPSA) is 40.5 Å². The molecular formula is C34H36O2. The zero-order valence-corrected chi connectivity index (χ0v) is 20.7. The largest absolute Gasteiger partial charge is 0.390 e. The number of hydrogen-bond donors (Lipinski definition) is 2. The number of rotatable bonds is 8. The summed E-state index contributed by atoms with van der Waals surface area (Å²) in [5.74, 6) is 0.423. The molecule has 0 aromatic heterocycles. The highest BCUT2D eigenvalue weighted by atomic mass is 16.3. The average molecular weight is 477 g/mol. The minimum Gasteiger partial charge on any atom is -0.390 e. The molecule has 1 aliphatic carbocycles. The zero-order chi connectivity index (χ0) is 24.7. The number of aliphatic hydroxyl groups is 2. The fourth-order valence-corrected chi connectivity index (χ4v) is 6.34. The molecule has 5 rings (SSSR count). The van der Waals surface area contributed by atoms with E-state index in [4.69, 9.17) is 0 Å². The molecule has 1 fully saturated rings. The van der Waals surface area contributed by atoms with Gasteiger partial charge in [0.15, 0.2) is 0 Å². The van der Waals surface area contributed by atoms with E-state index in [0.29, 0.717) is 0 Å². The van der Waals surface area contributed by atoms with E-state index < -0.39 is 12.2 Å². The van der Waals surface area contributed by atoms with E-state index in [1.165, 1.54) is 22.3 Å². The molecule has 36 heavy (non-hydrogen) atoms. The lowest BCUT2D eigenvalue weighted by Crippen LogP contribution is -2.55. The van der Waals surface area contributed by atoms with Crippen molar-refractivity contribution in [2.24, 2.45) is 23.7 Å². The molecule has 4 aromatic rings. The summed E-state index contributed by atoms with van der Waals surface area (Å²) in [5, 5.41) is 23.3. The highest BCUT2D eigenvalue weighted by molar-refractivity contribution is 5.23. The van der Waals surface area contributed by atoms with E-state index in [1.54, 1.807) is 0 Å². The van der Waals surface area contributed by atoms with Crippen LogP contribution < -0.4 is 0 Å². The first-order valence-electron chi connectivity index (χ1n) is 13.2. The van der Waals surface area contributed by atoms with Crippen molar-refractivity contribution in [3.8, 4) is 0 Å². The van der Waals surface area contributed by atoms with Crippen molar-refractivity contribution in [2.75, 3.05) is 0 Å². The van der Waals surface area contributed by atoms with E-state index in [-0.39, 0.29) is 23.7 Å². The van der Waals surface area contributed by atoms with E-state index >= 15 is 0 Å². The van der Waals surface area contributed by atoms with Crippen molar-refractivity contribution in [1.82, 2.24) is 0 Å². The Balaban J connectivity index is 1.55. The van der Waals surface area contributed by atoms with Crippen LogP contribution in [0.25, 0.3) is 0 Å². The van der Waals surface area contributed by atoms with Crippen LogP contribution in [-0.4, -0.2) is 22.4 Å². The normalized spacial score (nSPS) is 25.9. The summed E-state index contributed by atoms with van der Waals surface area (Å²) < 4.78 is 0. The van der Waals surface area contributed by atoms with Crippen LogP contribution in [0.1, 0.15) is 22.3 Å². The van der Waals surface area contributed by atoms with Gasteiger partial charge in [0.1, 0.15) is 0 Å². The van der Waals surface area contributed by atoms with Crippen molar-refractivity contribution in [2.45, 2.75) is 37.9 Å². The van der Waals surface area contributed by atoms with Crippen LogP contribution in [0.15, 0.2) is 121 Å². The van der Waals surface area contributed by atoms with Crippen LogP contribution in [-0.2, 0) is 25.7 Å². The standard InChI is InChI=1S/C34H36O2/c35-33-31(23-27-17-9-3-10-18-27)29(21-25-13-5-1-6-14-25)30(22-26-15-7-2-8-16-26)32(34(33)36)24-28-19-11-4-12-20-28/h1-20,29-36H,21-24H2/t29-,30-,31-,32+,33-,34+/m0/s1. The van der Waals surface area contributed by atoms with Crippen molar-refractivity contribution < 1.29 is 10.2 Å². The Kier molecular flexibility index (Phi) is 7.95. The van der Waals surface area contributed by atoms with Gasteiger partial charge in [-0.15, -0.1) is 0 Å². The predicted molar refractivity (Wildman–Crippen MR) is 147 cm³/mol. The van der Waals surface area contributed by atoms with Gasteiger partial charge in [-0.25, -0.2) is 0 Å². The molecule has 2 heteroatoms. The first-order chi connectivity index (χ1) is 17.7. The average Bonchev–Trinajstić information content (AvgIpc) is 2.93. The van der Waals surface area contributed by atoms with Gasteiger partial charge >= 0.3 is 0 Å². The Hall–Kier alpha value is -3.20.